The fourth-order valence-electron chi connectivity index (χ4n) is 2.81. The lowest BCUT2D eigenvalue weighted by molar-refractivity contribution is -0.114. The van der Waals surface area contributed by atoms with Crippen LogP contribution in [0.5, 0.6) is 5.75 Å². The average molecular weight is 530 g/mol. The Morgan fingerprint density at radius 3 is 2.23 bits per heavy atom. The Balaban J connectivity index is 1.72. The number of nitriles is 1. The van der Waals surface area contributed by atoms with E-state index < -0.39 is 16.0 Å². The van der Waals surface area contributed by atoms with Crippen molar-refractivity contribution in [2.75, 3.05) is 10.6 Å². The molecular weight excluding hydrogens is 513 g/mol. The lowest BCUT2D eigenvalue weighted by Crippen LogP contribution is -2.13. The lowest BCUT2D eigenvalue weighted by Gasteiger charge is -2.09. The van der Waals surface area contributed by atoms with Crippen molar-refractivity contribution in [2.24, 2.45) is 0 Å². The van der Waals surface area contributed by atoms with Crippen molar-refractivity contribution in [1.29, 1.82) is 5.26 Å². The summed E-state index contributed by atoms with van der Waals surface area (Å²) in [6, 6.07) is 17.8. The summed E-state index contributed by atoms with van der Waals surface area (Å²) in [4.78, 5) is 23.5. The molecular formula is C24H17Cl2N3O5S. The number of carbonyl (C=O) groups is 2. The number of benzene rings is 3. The zero-order chi connectivity index (χ0) is 25.6. The molecule has 3 aromatic rings. The highest BCUT2D eigenvalue weighted by molar-refractivity contribution is 7.87. The van der Waals surface area contributed by atoms with Crippen molar-refractivity contribution in [3.63, 3.8) is 0 Å². The Labute approximate surface area is 211 Å². The number of nitrogens with zero attached hydrogens (tertiary/aromatic N) is 1. The molecule has 0 saturated carbocycles. The van der Waals surface area contributed by atoms with Crippen LogP contribution in [0.1, 0.15) is 12.5 Å². The third-order valence-electron chi connectivity index (χ3n) is 4.43. The maximum Gasteiger partial charge on any atom is 0.339 e. The zero-order valence-electron chi connectivity index (χ0n) is 18.1. The Morgan fingerprint density at radius 1 is 0.971 bits per heavy atom. The van der Waals surface area contributed by atoms with Gasteiger partial charge in [-0.25, -0.2) is 0 Å². The Hall–Kier alpha value is -3.84. The molecule has 3 rings (SSSR count). The molecule has 35 heavy (non-hydrogen) atoms. The van der Waals surface area contributed by atoms with Crippen molar-refractivity contribution < 1.29 is 22.2 Å². The van der Waals surface area contributed by atoms with E-state index in [0.29, 0.717) is 11.3 Å². The van der Waals surface area contributed by atoms with E-state index in [9.17, 15) is 23.3 Å². The first-order valence-corrected chi connectivity index (χ1v) is 12.0. The van der Waals surface area contributed by atoms with Gasteiger partial charge < -0.3 is 14.8 Å². The van der Waals surface area contributed by atoms with Gasteiger partial charge in [-0.15, -0.1) is 0 Å². The van der Waals surface area contributed by atoms with Gasteiger partial charge in [-0.1, -0.05) is 41.4 Å². The number of anilines is 2. The van der Waals surface area contributed by atoms with Crippen LogP contribution < -0.4 is 14.8 Å². The van der Waals surface area contributed by atoms with Gasteiger partial charge in [-0.05, 0) is 60.2 Å². The Morgan fingerprint density at radius 2 is 1.63 bits per heavy atom. The first-order valence-electron chi connectivity index (χ1n) is 9.88. The summed E-state index contributed by atoms with van der Waals surface area (Å²) in [6.45, 7) is 1.34. The molecule has 0 aliphatic carbocycles. The van der Waals surface area contributed by atoms with Crippen LogP contribution in [0.4, 0.5) is 11.4 Å². The van der Waals surface area contributed by atoms with Gasteiger partial charge in [0.05, 0.1) is 15.7 Å². The van der Waals surface area contributed by atoms with Crippen LogP contribution in [0.2, 0.25) is 10.0 Å². The molecule has 178 valence electrons. The van der Waals surface area contributed by atoms with E-state index in [1.165, 1.54) is 61.5 Å². The molecule has 0 aliphatic heterocycles. The van der Waals surface area contributed by atoms with E-state index >= 15 is 0 Å². The second-order valence-electron chi connectivity index (χ2n) is 7.04. The summed E-state index contributed by atoms with van der Waals surface area (Å²) in [6.07, 6.45) is 1.33. The van der Waals surface area contributed by atoms with E-state index in [-0.39, 0.29) is 37.9 Å². The van der Waals surface area contributed by atoms with E-state index in [1.54, 1.807) is 18.2 Å². The van der Waals surface area contributed by atoms with Gasteiger partial charge in [0.15, 0.2) is 0 Å². The van der Waals surface area contributed by atoms with Crippen LogP contribution in [-0.4, -0.2) is 20.2 Å². The van der Waals surface area contributed by atoms with Crippen molar-refractivity contribution in [3.05, 3.63) is 87.9 Å². The second-order valence-corrected chi connectivity index (χ2v) is 9.37. The number of halogens is 2. The summed E-state index contributed by atoms with van der Waals surface area (Å²) in [7, 11) is -4.12. The minimum Gasteiger partial charge on any atom is -0.379 e. The number of nitrogens with one attached hydrogen (secondary N) is 2. The Kier molecular flexibility index (Phi) is 8.14. The smallest absolute Gasteiger partial charge is 0.339 e. The van der Waals surface area contributed by atoms with Crippen LogP contribution in [-0.2, 0) is 19.7 Å². The topological polar surface area (TPSA) is 125 Å². The SMILES string of the molecule is CC(=O)Nc1ccc(S(=O)(=O)Oc2ccc(/C=C(\C#N)C(=O)Nc3cccc(Cl)c3Cl)cc2)cc1. The molecule has 0 aliphatic rings. The molecule has 2 amide bonds. The minimum absolute atomic E-state index is 0.0294. The van der Waals surface area contributed by atoms with Gasteiger partial charge >= 0.3 is 10.1 Å². The maximum absolute atomic E-state index is 12.5. The second kappa shape index (κ2) is 11.1. The van der Waals surface area contributed by atoms with E-state index in [2.05, 4.69) is 10.6 Å². The van der Waals surface area contributed by atoms with Crippen LogP contribution in [0.15, 0.2) is 77.2 Å². The zero-order valence-corrected chi connectivity index (χ0v) is 20.4. The fourth-order valence-corrected chi connectivity index (χ4v) is 4.09. The summed E-state index contributed by atoms with van der Waals surface area (Å²) < 4.78 is 30.2. The number of hydrogen-bond donors (Lipinski definition) is 2. The van der Waals surface area contributed by atoms with Gasteiger partial charge in [0.1, 0.15) is 22.3 Å². The molecule has 0 atom stereocenters. The summed E-state index contributed by atoms with van der Waals surface area (Å²) in [5.74, 6) is -0.944. The number of hydrogen-bond acceptors (Lipinski definition) is 6. The number of rotatable bonds is 7. The third-order valence-corrected chi connectivity index (χ3v) is 6.51. The molecule has 8 nitrogen and oxygen atoms in total. The van der Waals surface area contributed by atoms with Crippen molar-refractivity contribution in [1.82, 2.24) is 0 Å². The van der Waals surface area contributed by atoms with Crippen molar-refractivity contribution >= 4 is 62.6 Å². The molecule has 11 heteroatoms. The quantitative estimate of drug-likeness (QED) is 0.244. The van der Waals surface area contributed by atoms with Gasteiger partial charge in [0, 0.05) is 12.6 Å². The largest absolute Gasteiger partial charge is 0.379 e. The van der Waals surface area contributed by atoms with Crippen LogP contribution in [0.25, 0.3) is 6.08 Å². The first-order chi connectivity index (χ1) is 16.6. The maximum atomic E-state index is 12.5. The van der Waals surface area contributed by atoms with Crippen LogP contribution >= 0.6 is 23.2 Å². The highest BCUT2D eigenvalue weighted by Gasteiger charge is 2.17. The molecule has 2 N–H and O–H groups in total. The predicted molar refractivity (Wildman–Crippen MR) is 134 cm³/mol. The standard InChI is InChI=1S/C24H17Cl2N3O5S/c1-15(30)28-18-7-11-20(12-8-18)35(32,33)34-19-9-5-16(6-10-19)13-17(14-27)24(31)29-22-4-2-3-21(25)23(22)26/h2-13H,1H3,(H,28,30)(H,29,31)/b17-13+. The summed E-state index contributed by atoms with van der Waals surface area (Å²) >= 11 is 12.0. The van der Waals surface area contributed by atoms with Crippen molar-refractivity contribution in [3.8, 4) is 11.8 Å². The lowest BCUT2D eigenvalue weighted by atomic mass is 10.1. The first kappa shape index (κ1) is 25.8. The number of amides is 2. The third kappa shape index (κ3) is 6.83. The molecule has 0 saturated heterocycles. The molecule has 0 fully saturated rings. The van der Waals surface area contributed by atoms with Crippen LogP contribution in [0.3, 0.4) is 0 Å². The van der Waals surface area contributed by atoms with Crippen LogP contribution in [0, 0.1) is 11.3 Å². The molecule has 0 bridgehead atoms. The summed E-state index contributed by atoms with van der Waals surface area (Å²) in [5.41, 5.74) is 0.951. The molecule has 0 unspecified atom stereocenters. The monoisotopic (exact) mass is 529 g/mol. The highest BCUT2D eigenvalue weighted by Crippen LogP contribution is 2.30. The van der Waals surface area contributed by atoms with Gasteiger partial charge in [-0.2, -0.15) is 13.7 Å². The molecule has 3 aromatic carbocycles. The van der Waals surface area contributed by atoms with E-state index in [4.69, 9.17) is 27.4 Å². The molecule has 0 radical (unpaired) electrons. The minimum atomic E-state index is -4.12. The van der Waals surface area contributed by atoms with Gasteiger partial charge in [0.2, 0.25) is 5.91 Å². The normalized spacial score (nSPS) is 11.3. The number of carbonyl (C=O) groups excluding carboxylic acids is 2. The van der Waals surface area contributed by atoms with E-state index in [1.807, 2.05) is 6.07 Å². The van der Waals surface area contributed by atoms with Gasteiger partial charge in [-0.3, -0.25) is 9.59 Å². The van der Waals surface area contributed by atoms with E-state index in [0.717, 1.165) is 0 Å². The van der Waals surface area contributed by atoms with Gasteiger partial charge in [0.25, 0.3) is 5.91 Å². The average Bonchev–Trinajstić information content (AvgIpc) is 2.81. The Bertz CT molecular complexity index is 1450. The molecule has 0 spiro atoms. The summed E-state index contributed by atoms with van der Waals surface area (Å²) in [5, 5.41) is 14.9. The fraction of sp³-hybridized carbons (Fsp3) is 0.0417. The van der Waals surface area contributed by atoms with Crippen molar-refractivity contribution in [2.45, 2.75) is 11.8 Å². The molecule has 0 aromatic heterocycles. The predicted octanol–water partition coefficient (Wildman–Crippen LogP) is 5.27. The molecule has 0 heterocycles. The highest BCUT2D eigenvalue weighted by atomic mass is 35.5.